The summed E-state index contributed by atoms with van der Waals surface area (Å²) < 4.78 is -0.948. The normalized spacial score (nSPS) is 13.7. The van der Waals surface area contributed by atoms with E-state index >= 15 is 0 Å². The molecule has 1 aromatic rings. The molecule has 19 heavy (non-hydrogen) atoms. The van der Waals surface area contributed by atoms with Crippen LogP contribution in [0.1, 0.15) is 25.5 Å². The summed E-state index contributed by atoms with van der Waals surface area (Å²) in [6.07, 6.45) is 0.142. The Morgan fingerprint density at radius 1 is 1.37 bits per heavy atom. The molecule has 1 atom stereocenters. The van der Waals surface area contributed by atoms with Crippen LogP contribution in [0, 0.1) is 0 Å². The minimum atomic E-state index is -1.98. The summed E-state index contributed by atoms with van der Waals surface area (Å²) in [6.45, 7) is 3.61. The summed E-state index contributed by atoms with van der Waals surface area (Å²) >= 11 is 17.8. The van der Waals surface area contributed by atoms with Gasteiger partial charge in [0.2, 0.25) is 8.95 Å². The maximum atomic E-state index is 12.2. The van der Waals surface area contributed by atoms with E-state index in [2.05, 4.69) is 15.6 Å². The van der Waals surface area contributed by atoms with Crippen molar-refractivity contribution in [3.8, 4) is 0 Å². The molecule has 0 aromatic carbocycles. The van der Waals surface area contributed by atoms with Gasteiger partial charge in [-0.25, -0.2) is 0 Å². The van der Waals surface area contributed by atoms with E-state index < -0.39 is 15.6 Å². The van der Waals surface area contributed by atoms with E-state index in [0.717, 1.165) is 4.68 Å². The Balaban J connectivity index is 3.24. The Hall–Kier alpha value is -0.210. The Kier molecular flexibility index (Phi) is 5.76. The van der Waals surface area contributed by atoms with E-state index in [9.17, 15) is 9.90 Å². The van der Waals surface area contributed by atoms with Crippen molar-refractivity contribution in [2.75, 3.05) is 11.7 Å². The minimum Gasteiger partial charge on any atom is -0.369 e. The van der Waals surface area contributed by atoms with Gasteiger partial charge in [0.15, 0.2) is 6.23 Å². The summed E-state index contributed by atoms with van der Waals surface area (Å²) in [7, 11) is 0. The lowest BCUT2D eigenvalue weighted by atomic mass is 10.1. The van der Waals surface area contributed by atoms with Crippen molar-refractivity contribution >= 4 is 46.6 Å². The molecule has 0 saturated heterocycles. The van der Waals surface area contributed by atoms with Gasteiger partial charge in [-0.1, -0.05) is 60.4 Å². The number of hydrogen-bond donors (Lipinski definition) is 2. The van der Waals surface area contributed by atoms with Crippen molar-refractivity contribution in [1.29, 1.82) is 0 Å². The molecule has 108 valence electrons. The zero-order valence-corrected chi connectivity index (χ0v) is 13.5. The quantitative estimate of drug-likeness (QED) is 0.490. The molecule has 0 spiro atoms. The Labute approximate surface area is 129 Å². The lowest BCUT2D eigenvalue weighted by Crippen LogP contribution is -2.45. The van der Waals surface area contributed by atoms with Crippen LogP contribution in [0.5, 0.6) is 0 Å². The Morgan fingerprint density at radius 2 is 1.95 bits per heavy atom. The Bertz CT molecular complexity index is 503. The summed E-state index contributed by atoms with van der Waals surface area (Å²) in [5.74, 6) is -0.117. The second-order valence-corrected chi connectivity index (χ2v) is 7.08. The van der Waals surface area contributed by atoms with Crippen molar-refractivity contribution in [3.63, 3.8) is 0 Å². The molecule has 10 heteroatoms. The summed E-state index contributed by atoms with van der Waals surface area (Å²) in [4.78, 5) is 12.2. The molecule has 1 aromatic heterocycles. The molecule has 1 unspecified atom stereocenters. The second kappa shape index (κ2) is 6.49. The van der Waals surface area contributed by atoms with Gasteiger partial charge in [0.25, 0.3) is 5.56 Å². The number of halogens is 3. The van der Waals surface area contributed by atoms with Crippen molar-refractivity contribution in [2.24, 2.45) is 0 Å². The van der Waals surface area contributed by atoms with Crippen molar-refractivity contribution < 1.29 is 5.11 Å². The number of hydrogen-bond acceptors (Lipinski definition) is 6. The number of thioether (sulfide) groups is 1. The Morgan fingerprint density at radius 3 is 2.37 bits per heavy atom. The molecule has 0 aliphatic carbocycles. The third-order valence-corrected chi connectivity index (χ3v) is 3.40. The fourth-order valence-electron chi connectivity index (χ4n) is 1.19. The molecular formula is C9H13Cl3N4O2S. The molecule has 2 N–H and O–H groups in total. The number of aliphatic hydroxyl groups is 1. The van der Waals surface area contributed by atoms with Gasteiger partial charge in [-0.15, -0.1) is 10.2 Å². The van der Waals surface area contributed by atoms with Crippen LogP contribution in [0.3, 0.4) is 0 Å². The van der Waals surface area contributed by atoms with Crippen LogP contribution in [-0.4, -0.2) is 36.3 Å². The van der Waals surface area contributed by atoms with Crippen LogP contribution >= 0.6 is 46.6 Å². The highest BCUT2D eigenvalue weighted by Gasteiger charge is 2.32. The van der Waals surface area contributed by atoms with E-state index in [0.29, 0.717) is 0 Å². The van der Waals surface area contributed by atoms with Crippen LogP contribution in [0.2, 0.25) is 0 Å². The first-order chi connectivity index (χ1) is 8.68. The molecular weight excluding hydrogens is 335 g/mol. The first kappa shape index (κ1) is 16.8. The molecule has 1 rings (SSSR count). The number of nitrogens with one attached hydrogen (secondary N) is 1. The summed E-state index contributed by atoms with van der Waals surface area (Å²) in [5, 5.41) is 17.7. The fourth-order valence-corrected chi connectivity index (χ4v) is 1.78. The number of aliphatic hydroxyl groups excluding tert-OH is 1. The minimum absolute atomic E-state index is 0.117. The van der Waals surface area contributed by atoms with Gasteiger partial charge in [0.05, 0.1) is 0 Å². The predicted octanol–water partition coefficient (Wildman–Crippen LogP) is 1.72. The summed E-state index contributed by atoms with van der Waals surface area (Å²) in [5.41, 5.74) is 2.22. The highest BCUT2D eigenvalue weighted by Crippen LogP contribution is 2.29. The third-order valence-electron chi connectivity index (χ3n) is 2.15. The second-order valence-electron chi connectivity index (χ2n) is 3.94. The molecule has 0 aliphatic heterocycles. The van der Waals surface area contributed by atoms with Gasteiger partial charge in [0.1, 0.15) is 5.69 Å². The molecule has 0 amide bonds. The monoisotopic (exact) mass is 346 g/mol. The zero-order valence-electron chi connectivity index (χ0n) is 10.4. The van der Waals surface area contributed by atoms with Gasteiger partial charge in [-0.05, 0) is 6.26 Å². The van der Waals surface area contributed by atoms with E-state index in [4.69, 9.17) is 34.8 Å². The van der Waals surface area contributed by atoms with E-state index in [1.807, 2.05) is 0 Å². The maximum Gasteiger partial charge on any atom is 0.295 e. The van der Waals surface area contributed by atoms with Gasteiger partial charge in [-0.3, -0.25) is 10.2 Å². The first-order valence-electron chi connectivity index (χ1n) is 5.23. The molecule has 0 bridgehead atoms. The SMILES string of the molecule is CSc1nnc(C(C)C)c(=O)n1NC(O)C(Cl)(Cl)Cl. The highest BCUT2D eigenvalue weighted by molar-refractivity contribution is 7.98. The van der Waals surface area contributed by atoms with Gasteiger partial charge >= 0.3 is 0 Å². The van der Waals surface area contributed by atoms with Crippen LogP contribution < -0.4 is 11.0 Å². The topological polar surface area (TPSA) is 80.0 Å². The van der Waals surface area contributed by atoms with Crippen LogP contribution in [0.15, 0.2) is 9.95 Å². The summed E-state index contributed by atoms with van der Waals surface area (Å²) in [6, 6.07) is 0. The average Bonchev–Trinajstić information content (AvgIpc) is 2.29. The number of alkyl halides is 3. The molecule has 0 fully saturated rings. The van der Waals surface area contributed by atoms with Gasteiger partial charge in [0, 0.05) is 5.92 Å². The van der Waals surface area contributed by atoms with Gasteiger partial charge in [-0.2, -0.15) is 4.68 Å². The smallest absolute Gasteiger partial charge is 0.295 e. The predicted molar refractivity (Wildman–Crippen MR) is 77.8 cm³/mol. The van der Waals surface area contributed by atoms with Crippen molar-refractivity contribution in [1.82, 2.24) is 14.9 Å². The van der Waals surface area contributed by atoms with Crippen LogP contribution in [-0.2, 0) is 0 Å². The average molecular weight is 348 g/mol. The van der Waals surface area contributed by atoms with Crippen LogP contribution in [0.4, 0.5) is 0 Å². The van der Waals surface area contributed by atoms with Gasteiger partial charge < -0.3 is 5.11 Å². The standard InChI is InChI=1S/C9H13Cl3N4O2S/c1-4(2)5-6(17)16(8(19-3)14-13-5)15-7(18)9(10,11)12/h4,7,15,18H,1-3H3. The molecule has 0 saturated carbocycles. The third kappa shape index (κ3) is 4.13. The zero-order chi connectivity index (χ0) is 14.8. The lowest BCUT2D eigenvalue weighted by Gasteiger charge is -2.23. The number of rotatable bonds is 4. The maximum absolute atomic E-state index is 12.2. The van der Waals surface area contributed by atoms with E-state index in [1.165, 1.54) is 11.8 Å². The fraction of sp³-hybridized carbons (Fsp3) is 0.667. The van der Waals surface area contributed by atoms with E-state index in [-0.39, 0.29) is 16.8 Å². The van der Waals surface area contributed by atoms with Crippen molar-refractivity contribution in [3.05, 3.63) is 16.0 Å². The van der Waals surface area contributed by atoms with E-state index in [1.54, 1.807) is 20.1 Å². The number of aromatic nitrogens is 3. The molecule has 1 heterocycles. The molecule has 6 nitrogen and oxygen atoms in total. The van der Waals surface area contributed by atoms with Crippen LogP contribution in [0.25, 0.3) is 0 Å². The molecule has 0 radical (unpaired) electrons. The largest absolute Gasteiger partial charge is 0.369 e. The number of nitrogens with zero attached hydrogens (tertiary/aromatic N) is 3. The van der Waals surface area contributed by atoms with Crippen molar-refractivity contribution in [2.45, 2.75) is 34.9 Å². The highest BCUT2D eigenvalue weighted by atomic mass is 35.6. The molecule has 0 aliphatic rings. The first-order valence-corrected chi connectivity index (χ1v) is 7.59. The lowest BCUT2D eigenvalue weighted by molar-refractivity contribution is 0.188.